The topological polar surface area (TPSA) is 63.7 Å². The van der Waals surface area contributed by atoms with Crippen LogP contribution in [0.2, 0.25) is 0 Å². The minimum absolute atomic E-state index is 0.199. The number of ether oxygens (including phenoxy) is 1. The quantitative estimate of drug-likeness (QED) is 0.775. The Bertz CT molecular complexity index is 554. The molecule has 2 heterocycles. The van der Waals surface area contributed by atoms with Gasteiger partial charge in [-0.1, -0.05) is 0 Å². The van der Waals surface area contributed by atoms with Gasteiger partial charge in [-0.15, -0.1) is 11.3 Å². The Balaban J connectivity index is 2.16. The van der Waals surface area contributed by atoms with Crippen molar-refractivity contribution < 1.29 is 17.9 Å². The van der Waals surface area contributed by atoms with Gasteiger partial charge in [-0.25, -0.2) is 8.42 Å². The van der Waals surface area contributed by atoms with E-state index in [0.717, 1.165) is 3.79 Å². The molecular formula is C10H12BrNO4S2. The summed E-state index contributed by atoms with van der Waals surface area (Å²) in [6, 6.07) is 3.26. The van der Waals surface area contributed by atoms with Crippen LogP contribution in [-0.4, -0.2) is 38.9 Å². The van der Waals surface area contributed by atoms with Crippen LogP contribution in [0.3, 0.4) is 0 Å². The van der Waals surface area contributed by atoms with Crippen molar-refractivity contribution in [1.82, 2.24) is 4.31 Å². The maximum Gasteiger partial charge on any atom is 0.310 e. The highest BCUT2D eigenvalue weighted by Crippen LogP contribution is 2.31. The van der Waals surface area contributed by atoms with Crippen LogP contribution in [0.25, 0.3) is 0 Å². The normalized spacial score (nSPS) is 21.1. The van der Waals surface area contributed by atoms with Crippen LogP contribution < -0.4 is 0 Å². The molecule has 1 unspecified atom stereocenters. The minimum Gasteiger partial charge on any atom is -0.469 e. The van der Waals surface area contributed by atoms with Gasteiger partial charge in [0.15, 0.2) is 0 Å². The summed E-state index contributed by atoms with van der Waals surface area (Å²) >= 11 is 4.41. The number of hydrogen-bond donors (Lipinski definition) is 0. The van der Waals surface area contributed by atoms with Crippen molar-refractivity contribution in [2.45, 2.75) is 10.6 Å². The predicted octanol–water partition coefficient (Wildman–Crippen LogP) is 1.69. The molecule has 1 aromatic rings. The molecule has 0 aliphatic carbocycles. The van der Waals surface area contributed by atoms with Gasteiger partial charge in [0.05, 0.1) is 16.8 Å². The van der Waals surface area contributed by atoms with Gasteiger partial charge in [-0.3, -0.25) is 4.79 Å². The average molecular weight is 354 g/mol. The average Bonchev–Trinajstić information content (AvgIpc) is 2.96. The van der Waals surface area contributed by atoms with Crippen molar-refractivity contribution in [3.63, 3.8) is 0 Å². The van der Waals surface area contributed by atoms with Crippen molar-refractivity contribution in [3.05, 3.63) is 15.9 Å². The summed E-state index contributed by atoms with van der Waals surface area (Å²) in [5, 5.41) is 0. The fourth-order valence-electron chi connectivity index (χ4n) is 1.87. The van der Waals surface area contributed by atoms with E-state index in [1.54, 1.807) is 12.1 Å². The molecular weight excluding hydrogens is 342 g/mol. The lowest BCUT2D eigenvalue weighted by Gasteiger charge is -2.14. The van der Waals surface area contributed by atoms with Crippen molar-refractivity contribution in [2.75, 3.05) is 20.2 Å². The highest BCUT2D eigenvalue weighted by molar-refractivity contribution is 9.11. The van der Waals surface area contributed by atoms with Crippen LogP contribution in [0.1, 0.15) is 6.42 Å². The Kier molecular flexibility index (Phi) is 4.10. The second-order valence-electron chi connectivity index (χ2n) is 3.93. The van der Waals surface area contributed by atoms with Crippen LogP contribution in [-0.2, 0) is 19.6 Å². The van der Waals surface area contributed by atoms with E-state index in [9.17, 15) is 13.2 Å². The van der Waals surface area contributed by atoms with E-state index in [1.165, 1.54) is 22.8 Å². The molecule has 1 aromatic heterocycles. The number of rotatable bonds is 3. The number of sulfonamides is 1. The fourth-order valence-corrected chi connectivity index (χ4v) is 5.53. The van der Waals surface area contributed by atoms with E-state index in [2.05, 4.69) is 20.7 Å². The highest BCUT2D eigenvalue weighted by atomic mass is 79.9. The first-order valence-corrected chi connectivity index (χ1v) is 8.33. The summed E-state index contributed by atoms with van der Waals surface area (Å²) in [5.74, 6) is -0.701. The third-order valence-corrected chi connectivity index (χ3v) is 6.78. The molecule has 0 aromatic carbocycles. The Morgan fingerprint density at radius 1 is 1.56 bits per heavy atom. The van der Waals surface area contributed by atoms with Crippen LogP contribution in [0.15, 0.2) is 20.1 Å². The van der Waals surface area contributed by atoms with Crippen LogP contribution >= 0.6 is 27.3 Å². The van der Waals surface area contributed by atoms with Crippen LogP contribution in [0.4, 0.5) is 0 Å². The first kappa shape index (κ1) is 14.0. The minimum atomic E-state index is -3.48. The maximum absolute atomic E-state index is 12.3. The van der Waals surface area contributed by atoms with Gasteiger partial charge in [0, 0.05) is 13.1 Å². The SMILES string of the molecule is COC(=O)C1CCN(S(=O)(=O)c2ccc(Br)s2)C1. The lowest BCUT2D eigenvalue weighted by molar-refractivity contribution is -0.144. The molecule has 8 heteroatoms. The molecule has 0 N–H and O–H groups in total. The summed E-state index contributed by atoms with van der Waals surface area (Å²) in [7, 11) is -2.16. The Hall–Kier alpha value is -0.440. The number of carbonyl (C=O) groups excluding carboxylic acids is 1. The zero-order chi connectivity index (χ0) is 13.3. The number of methoxy groups -OCH3 is 1. The fraction of sp³-hybridized carbons (Fsp3) is 0.500. The van der Waals surface area contributed by atoms with E-state index in [4.69, 9.17) is 0 Å². The number of carbonyl (C=O) groups is 1. The number of nitrogens with zero attached hydrogens (tertiary/aromatic N) is 1. The van der Waals surface area contributed by atoms with Crippen molar-refractivity contribution in [3.8, 4) is 0 Å². The summed E-state index contributed by atoms with van der Waals surface area (Å²) in [6.07, 6.45) is 0.512. The third-order valence-electron chi connectivity index (χ3n) is 2.83. The molecule has 100 valence electrons. The largest absolute Gasteiger partial charge is 0.469 e. The van der Waals surface area contributed by atoms with Gasteiger partial charge in [0.25, 0.3) is 10.0 Å². The zero-order valence-corrected chi connectivity index (χ0v) is 12.8. The molecule has 1 aliphatic rings. The molecule has 0 amide bonds. The molecule has 5 nitrogen and oxygen atoms in total. The molecule has 0 bridgehead atoms. The molecule has 0 radical (unpaired) electrons. The zero-order valence-electron chi connectivity index (χ0n) is 9.63. The third kappa shape index (κ3) is 2.61. The molecule has 1 saturated heterocycles. The second-order valence-corrected chi connectivity index (χ2v) is 8.56. The van der Waals surface area contributed by atoms with E-state index in [1.807, 2.05) is 0 Å². The van der Waals surface area contributed by atoms with Crippen molar-refractivity contribution in [1.29, 1.82) is 0 Å². The van der Waals surface area contributed by atoms with E-state index in [0.29, 0.717) is 17.2 Å². The molecule has 0 saturated carbocycles. The highest BCUT2D eigenvalue weighted by Gasteiger charge is 2.36. The lowest BCUT2D eigenvalue weighted by Crippen LogP contribution is -2.29. The first-order chi connectivity index (χ1) is 8.45. The monoisotopic (exact) mass is 353 g/mol. The van der Waals surface area contributed by atoms with Gasteiger partial charge < -0.3 is 4.74 Å². The maximum atomic E-state index is 12.3. The molecule has 1 fully saturated rings. The standard InChI is InChI=1S/C10H12BrNO4S2/c1-16-10(13)7-4-5-12(6-7)18(14,15)9-3-2-8(11)17-9/h2-3,7H,4-6H2,1H3. The lowest BCUT2D eigenvalue weighted by atomic mass is 10.1. The molecule has 0 spiro atoms. The van der Waals surface area contributed by atoms with Gasteiger partial charge >= 0.3 is 5.97 Å². The number of hydrogen-bond acceptors (Lipinski definition) is 5. The van der Waals surface area contributed by atoms with Crippen molar-refractivity contribution in [2.24, 2.45) is 5.92 Å². The molecule has 1 atom stereocenters. The van der Waals surface area contributed by atoms with E-state index < -0.39 is 10.0 Å². The summed E-state index contributed by atoms with van der Waals surface area (Å²) in [6.45, 7) is 0.558. The van der Waals surface area contributed by atoms with E-state index >= 15 is 0 Å². The molecule has 18 heavy (non-hydrogen) atoms. The van der Waals surface area contributed by atoms with Gasteiger partial charge in [-0.2, -0.15) is 4.31 Å². The summed E-state index contributed by atoms with van der Waals surface area (Å²) in [5.41, 5.74) is 0. The predicted molar refractivity (Wildman–Crippen MR) is 70.9 cm³/mol. The Labute approximate surface area is 118 Å². The Morgan fingerprint density at radius 3 is 2.83 bits per heavy atom. The second kappa shape index (κ2) is 5.28. The molecule has 2 rings (SSSR count). The number of halogens is 1. The Morgan fingerprint density at radius 2 is 2.28 bits per heavy atom. The van der Waals surface area contributed by atoms with Crippen LogP contribution in [0, 0.1) is 5.92 Å². The van der Waals surface area contributed by atoms with Crippen molar-refractivity contribution >= 4 is 43.3 Å². The van der Waals surface area contributed by atoms with Gasteiger partial charge in [0.1, 0.15) is 4.21 Å². The van der Waals surface area contributed by atoms with Crippen LogP contribution in [0.5, 0.6) is 0 Å². The smallest absolute Gasteiger partial charge is 0.310 e. The van der Waals surface area contributed by atoms with E-state index in [-0.39, 0.29) is 18.4 Å². The first-order valence-electron chi connectivity index (χ1n) is 5.28. The number of esters is 1. The summed E-state index contributed by atoms with van der Waals surface area (Å²) < 4.78 is 31.6. The van der Waals surface area contributed by atoms with Gasteiger partial charge in [0.2, 0.25) is 0 Å². The molecule has 1 aliphatic heterocycles. The van der Waals surface area contributed by atoms with Gasteiger partial charge in [-0.05, 0) is 34.5 Å². The summed E-state index contributed by atoms with van der Waals surface area (Å²) in [4.78, 5) is 11.4. The number of thiophene rings is 1.